The maximum Gasteiger partial charge on any atom is 0.326 e. The Labute approximate surface area is 180 Å². The van der Waals surface area contributed by atoms with Gasteiger partial charge in [0.05, 0.1) is 22.9 Å². The van der Waals surface area contributed by atoms with Crippen LogP contribution in [0.25, 0.3) is 27.3 Å². The number of aromatic amines is 1. The van der Waals surface area contributed by atoms with Crippen LogP contribution in [0, 0.1) is 5.82 Å². The van der Waals surface area contributed by atoms with Crippen LogP contribution >= 0.6 is 11.3 Å². The van der Waals surface area contributed by atoms with Gasteiger partial charge in [-0.15, -0.1) is 5.10 Å². The van der Waals surface area contributed by atoms with Crippen molar-refractivity contribution in [3.63, 3.8) is 0 Å². The second kappa shape index (κ2) is 7.05. The molecule has 0 atom stereocenters. The number of aromatic nitrogens is 5. The van der Waals surface area contributed by atoms with E-state index in [9.17, 15) is 9.18 Å². The molecule has 1 N–H and O–H groups in total. The summed E-state index contributed by atoms with van der Waals surface area (Å²) < 4.78 is 16.8. The summed E-state index contributed by atoms with van der Waals surface area (Å²) in [5.74, 6) is -0.261. The van der Waals surface area contributed by atoms with Crippen LogP contribution in [0.3, 0.4) is 0 Å². The lowest BCUT2D eigenvalue weighted by Crippen LogP contribution is -2.37. The first-order chi connectivity index (χ1) is 15.2. The third kappa shape index (κ3) is 3.12. The predicted octanol–water partition coefficient (Wildman–Crippen LogP) is 4.08. The molecule has 31 heavy (non-hydrogen) atoms. The molecule has 0 unspecified atom stereocenters. The highest BCUT2D eigenvalue weighted by Crippen LogP contribution is 2.31. The van der Waals surface area contributed by atoms with Crippen LogP contribution in [0.15, 0.2) is 59.5 Å². The van der Waals surface area contributed by atoms with Gasteiger partial charge in [0.2, 0.25) is 10.1 Å². The van der Waals surface area contributed by atoms with Gasteiger partial charge in [-0.3, -0.25) is 4.57 Å². The second-order valence-corrected chi connectivity index (χ2v) is 8.71. The Morgan fingerprint density at radius 1 is 1.06 bits per heavy atom. The summed E-state index contributed by atoms with van der Waals surface area (Å²) in [6.45, 7) is 1.66. The fourth-order valence-electron chi connectivity index (χ4n) is 4.33. The smallest absolute Gasteiger partial charge is 0.326 e. The Morgan fingerprint density at radius 2 is 1.84 bits per heavy atom. The quantitative estimate of drug-likeness (QED) is 0.465. The van der Waals surface area contributed by atoms with Gasteiger partial charge in [-0.05, 0) is 49.2 Å². The van der Waals surface area contributed by atoms with Gasteiger partial charge in [0.1, 0.15) is 5.82 Å². The average Bonchev–Trinajstić information content (AvgIpc) is 3.45. The van der Waals surface area contributed by atoms with Gasteiger partial charge in [-0.1, -0.05) is 23.5 Å². The van der Waals surface area contributed by atoms with E-state index in [0.717, 1.165) is 58.3 Å². The molecule has 7 nitrogen and oxygen atoms in total. The number of imidazole rings is 2. The number of hydrogen-bond acceptors (Lipinski definition) is 5. The molecule has 0 saturated carbocycles. The number of benzene rings is 2. The molecule has 1 aliphatic rings. The van der Waals surface area contributed by atoms with Gasteiger partial charge >= 0.3 is 5.69 Å². The lowest BCUT2D eigenvalue weighted by atomic mass is 10.1. The minimum atomic E-state index is -0.261. The van der Waals surface area contributed by atoms with Crippen LogP contribution in [0.1, 0.15) is 18.9 Å². The molecule has 5 aromatic rings. The number of nitrogens with zero attached hydrogens (tertiary/aromatic N) is 5. The van der Waals surface area contributed by atoms with Crippen LogP contribution in [0.2, 0.25) is 0 Å². The topological polar surface area (TPSA) is 71.2 Å². The number of anilines is 1. The van der Waals surface area contributed by atoms with Crippen molar-refractivity contribution in [2.45, 2.75) is 18.9 Å². The van der Waals surface area contributed by atoms with Crippen molar-refractivity contribution in [2.75, 3.05) is 18.0 Å². The van der Waals surface area contributed by atoms with Crippen LogP contribution in [-0.4, -0.2) is 37.2 Å². The maximum atomic E-state index is 13.2. The first-order valence-electron chi connectivity index (χ1n) is 10.2. The van der Waals surface area contributed by atoms with E-state index in [2.05, 4.69) is 14.9 Å². The Kier molecular flexibility index (Phi) is 4.17. The number of nitrogens with one attached hydrogen (secondary N) is 1. The largest absolute Gasteiger partial charge is 0.347 e. The van der Waals surface area contributed by atoms with E-state index in [4.69, 9.17) is 5.10 Å². The minimum absolute atomic E-state index is 0.0410. The first-order valence-corrected chi connectivity index (χ1v) is 11.0. The zero-order valence-electron chi connectivity index (χ0n) is 16.5. The fraction of sp³-hybridized carbons (Fsp3) is 0.227. The molecule has 0 bridgehead atoms. The number of hydrogen-bond donors (Lipinski definition) is 1. The van der Waals surface area contributed by atoms with E-state index in [1.165, 1.54) is 12.1 Å². The van der Waals surface area contributed by atoms with E-state index >= 15 is 0 Å². The SMILES string of the molecule is O=c1[nH]c2ccccc2n1C1CCN(c2nn3cc(-c4ccc(F)cc4)nc3s2)CC1. The molecule has 2 aromatic carbocycles. The monoisotopic (exact) mass is 434 g/mol. The summed E-state index contributed by atoms with van der Waals surface area (Å²) in [5.41, 5.74) is 3.45. The molecule has 156 valence electrons. The normalized spacial score (nSPS) is 15.3. The highest BCUT2D eigenvalue weighted by molar-refractivity contribution is 7.20. The number of fused-ring (bicyclic) bond motifs is 2. The number of rotatable bonds is 3. The summed E-state index contributed by atoms with van der Waals surface area (Å²) >= 11 is 1.54. The molecular weight excluding hydrogens is 415 g/mol. The summed E-state index contributed by atoms with van der Waals surface area (Å²) in [4.78, 5) is 23.2. The van der Waals surface area contributed by atoms with Crippen molar-refractivity contribution in [3.8, 4) is 11.3 Å². The first kappa shape index (κ1) is 18.3. The molecule has 1 aliphatic heterocycles. The molecule has 0 spiro atoms. The summed E-state index contributed by atoms with van der Waals surface area (Å²) in [7, 11) is 0. The van der Waals surface area contributed by atoms with Crippen molar-refractivity contribution < 1.29 is 4.39 Å². The van der Waals surface area contributed by atoms with E-state index < -0.39 is 0 Å². The second-order valence-electron chi connectivity index (χ2n) is 7.78. The maximum absolute atomic E-state index is 13.2. The van der Waals surface area contributed by atoms with E-state index in [1.807, 2.05) is 35.0 Å². The molecular formula is C22H19FN6OS. The molecule has 1 fully saturated rings. The van der Waals surface area contributed by atoms with E-state index in [1.54, 1.807) is 28.0 Å². The van der Waals surface area contributed by atoms with Gasteiger partial charge in [0.25, 0.3) is 0 Å². The van der Waals surface area contributed by atoms with Crippen molar-refractivity contribution >= 4 is 32.5 Å². The third-order valence-corrected chi connectivity index (χ3v) is 6.88. The summed E-state index contributed by atoms with van der Waals surface area (Å²) in [6, 6.07) is 14.3. The Hall–Kier alpha value is -3.46. The number of piperidine rings is 1. The lowest BCUT2D eigenvalue weighted by molar-refractivity contribution is 0.396. The van der Waals surface area contributed by atoms with Gasteiger partial charge in [0, 0.05) is 24.7 Å². The zero-order valence-corrected chi connectivity index (χ0v) is 17.3. The zero-order chi connectivity index (χ0) is 20.9. The van der Waals surface area contributed by atoms with Crippen LogP contribution in [-0.2, 0) is 0 Å². The molecule has 0 amide bonds. The molecule has 0 radical (unpaired) electrons. The Morgan fingerprint density at radius 3 is 2.61 bits per heavy atom. The van der Waals surface area contributed by atoms with Gasteiger partial charge in [-0.2, -0.15) is 0 Å². The molecule has 6 rings (SSSR count). The van der Waals surface area contributed by atoms with E-state index in [0.29, 0.717) is 0 Å². The molecule has 4 heterocycles. The molecule has 3 aromatic heterocycles. The summed E-state index contributed by atoms with van der Waals surface area (Å²) in [5, 5.41) is 5.63. The minimum Gasteiger partial charge on any atom is -0.347 e. The van der Waals surface area contributed by atoms with E-state index in [-0.39, 0.29) is 17.5 Å². The molecule has 1 saturated heterocycles. The van der Waals surface area contributed by atoms with Gasteiger partial charge < -0.3 is 9.88 Å². The molecule has 0 aliphatic carbocycles. The Bertz CT molecular complexity index is 1410. The van der Waals surface area contributed by atoms with Crippen LogP contribution < -0.4 is 10.6 Å². The Balaban J connectivity index is 1.21. The highest BCUT2D eigenvalue weighted by atomic mass is 32.1. The van der Waals surface area contributed by atoms with Crippen LogP contribution in [0.4, 0.5) is 9.52 Å². The third-order valence-electron chi connectivity index (χ3n) is 5.90. The van der Waals surface area contributed by atoms with Crippen molar-refractivity contribution in [2.24, 2.45) is 0 Å². The number of halogens is 1. The van der Waals surface area contributed by atoms with Crippen LogP contribution in [0.5, 0.6) is 0 Å². The summed E-state index contributed by atoms with van der Waals surface area (Å²) in [6.07, 6.45) is 3.63. The molecule has 9 heteroatoms. The predicted molar refractivity (Wildman–Crippen MR) is 119 cm³/mol. The number of para-hydroxylation sites is 2. The number of H-pyrrole nitrogens is 1. The van der Waals surface area contributed by atoms with Crippen molar-refractivity contribution in [3.05, 3.63) is 71.0 Å². The average molecular weight is 435 g/mol. The standard InChI is InChI=1S/C22H19FN6OS/c23-15-7-5-14(6-8-15)18-13-28-21(25-18)31-22(26-28)27-11-9-16(10-12-27)29-19-4-2-1-3-17(19)24-20(29)30/h1-8,13,16H,9-12H2,(H,24,30). The van der Waals surface area contributed by atoms with Crippen molar-refractivity contribution in [1.82, 2.24) is 24.1 Å². The lowest BCUT2D eigenvalue weighted by Gasteiger charge is -2.32. The fourth-order valence-corrected chi connectivity index (χ4v) is 5.26. The highest BCUT2D eigenvalue weighted by Gasteiger charge is 2.25. The van der Waals surface area contributed by atoms with Gasteiger partial charge in [-0.25, -0.2) is 18.7 Å². The van der Waals surface area contributed by atoms with Gasteiger partial charge in [0.15, 0.2) is 0 Å². The van der Waals surface area contributed by atoms with Crippen molar-refractivity contribution in [1.29, 1.82) is 0 Å².